The first kappa shape index (κ1) is 19.9. The first-order valence-electron chi connectivity index (χ1n) is 10.4. The van der Waals surface area contributed by atoms with Gasteiger partial charge in [-0.3, -0.25) is 14.5 Å². The summed E-state index contributed by atoms with van der Waals surface area (Å²) in [5.74, 6) is -0.537. The number of benzene rings is 3. The molecule has 32 heavy (non-hydrogen) atoms. The molecule has 2 heterocycles. The van der Waals surface area contributed by atoms with E-state index in [4.69, 9.17) is 9.47 Å². The molecule has 1 atom stereocenters. The van der Waals surface area contributed by atoms with Crippen molar-refractivity contribution in [1.82, 2.24) is 0 Å². The van der Waals surface area contributed by atoms with Crippen LogP contribution in [0.1, 0.15) is 29.7 Å². The third-order valence-electron chi connectivity index (χ3n) is 5.83. The number of anilines is 1. The van der Waals surface area contributed by atoms with Crippen LogP contribution >= 0.6 is 0 Å². The summed E-state index contributed by atoms with van der Waals surface area (Å²) in [4.78, 5) is 27.8. The molecule has 0 aromatic heterocycles. The van der Waals surface area contributed by atoms with Crippen molar-refractivity contribution >= 4 is 23.1 Å². The highest BCUT2D eigenvalue weighted by Gasteiger charge is 2.47. The number of rotatable bonds is 4. The Hall–Kier alpha value is -4.06. The summed E-state index contributed by atoms with van der Waals surface area (Å²) in [5, 5.41) is 11.2. The van der Waals surface area contributed by atoms with Crippen LogP contribution in [0.25, 0.3) is 5.76 Å². The number of amides is 1. The Balaban J connectivity index is 1.67. The number of ketones is 1. The number of Topliss-reactive ketones (excluding diaryl/α,β-unsaturated/α-hetero) is 1. The lowest BCUT2D eigenvalue weighted by Gasteiger charge is -2.25. The highest BCUT2D eigenvalue weighted by Crippen LogP contribution is 2.44. The van der Waals surface area contributed by atoms with E-state index in [0.717, 1.165) is 17.5 Å². The van der Waals surface area contributed by atoms with Gasteiger partial charge in [-0.1, -0.05) is 61.5 Å². The minimum absolute atomic E-state index is 0.0584. The van der Waals surface area contributed by atoms with E-state index in [1.165, 1.54) is 4.90 Å². The van der Waals surface area contributed by atoms with E-state index in [2.05, 4.69) is 0 Å². The standard InChI is InChI=1S/C26H21NO5/c1-2-16-8-10-18(11-9-16)24(28)22-23(17-6-4-3-5-7-17)27(26(30)25(22)29)19-12-13-20-21(14-19)32-15-31-20/h3-14,23,28H,2,15H2,1H3/b24-22+. The smallest absolute Gasteiger partial charge is 0.300 e. The van der Waals surface area contributed by atoms with Gasteiger partial charge in [-0.15, -0.1) is 0 Å². The second-order valence-electron chi connectivity index (χ2n) is 7.67. The lowest BCUT2D eigenvalue weighted by molar-refractivity contribution is -0.132. The zero-order chi connectivity index (χ0) is 22.2. The molecule has 0 spiro atoms. The van der Waals surface area contributed by atoms with E-state index < -0.39 is 17.7 Å². The van der Waals surface area contributed by atoms with E-state index in [1.54, 1.807) is 30.3 Å². The SMILES string of the molecule is CCc1ccc(/C(O)=C2\C(=O)C(=O)N(c3ccc4c(c3)OCO4)C2c2ccccc2)cc1. The highest BCUT2D eigenvalue weighted by atomic mass is 16.7. The topological polar surface area (TPSA) is 76.1 Å². The van der Waals surface area contributed by atoms with Crippen molar-refractivity contribution in [2.45, 2.75) is 19.4 Å². The molecule has 1 N–H and O–H groups in total. The molecule has 1 saturated heterocycles. The molecule has 0 aliphatic carbocycles. The molecule has 6 nitrogen and oxygen atoms in total. The summed E-state index contributed by atoms with van der Waals surface area (Å²) in [6.07, 6.45) is 0.861. The molecule has 0 radical (unpaired) electrons. The number of aryl methyl sites for hydroxylation is 1. The zero-order valence-electron chi connectivity index (χ0n) is 17.4. The van der Waals surface area contributed by atoms with Crippen LogP contribution in [0.5, 0.6) is 11.5 Å². The summed E-state index contributed by atoms with van der Waals surface area (Å²) < 4.78 is 10.8. The Bertz CT molecular complexity index is 1230. The lowest BCUT2D eigenvalue weighted by atomic mass is 9.95. The number of hydrogen-bond acceptors (Lipinski definition) is 5. The molecule has 3 aromatic rings. The summed E-state index contributed by atoms with van der Waals surface area (Å²) in [5.41, 5.74) is 2.87. The lowest BCUT2D eigenvalue weighted by Crippen LogP contribution is -2.29. The summed E-state index contributed by atoms with van der Waals surface area (Å²) >= 11 is 0. The average molecular weight is 427 g/mol. The van der Waals surface area contributed by atoms with Gasteiger partial charge in [0.15, 0.2) is 11.5 Å². The van der Waals surface area contributed by atoms with Crippen LogP contribution in [0.3, 0.4) is 0 Å². The molecule has 2 aliphatic heterocycles. The molecule has 0 bridgehead atoms. The summed E-state index contributed by atoms with van der Waals surface area (Å²) in [6.45, 7) is 2.15. The Kier molecular flexibility index (Phi) is 4.90. The number of carbonyl (C=O) groups excluding carboxylic acids is 2. The zero-order valence-corrected chi connectivity index (χ0v) is 17.4. The maximum absolute atomic E-state index is 13.2. The predicted octanol–water partition coefficient (Wildman–Crippen LogP) is 4.60. The second kappa shape index (κ2) is 7.89. The molecule has 6 heteroatoms. The van der Waals surface area contributed by atoms with Gasteiger partial charge >= 0.3 is 0 Å². The van der Waals surface area contributed by atoms with Gasteiger partial charge in [0.2, 0.25) is 6.79 Å². The molecule has 0 saturated carbocycles. The molecular weight excluding hydrogens is 406 g/mol. The Morgan fingerprint density at radius 3 is 2.41 bits per heavy atom. The average Bonchev–Trinajstić information content (AvgIpc) is 3.41. The van der Waals surface area contributed by atoms with Crippen LogP contribution in [0, 0.1) is 0 Å². The van der Waals surface area contributed by atoms with Gasteiger partial charge < -0.3 is 14.6 Å². The van der Waals surface area contributed by atoms with Crippen molar-refractivity contribution in [1.29, 1.82) is 0 Å². The van der Waals surface area contributed by atoms with E-state index in [-0.39, 0.29) is 18.1 Å². The molecule has 1 amide bonds. The van der Waals surface area contributed by atoms with Crippen LogP contribution in [-0.4, -0.2) is 23.6 Å². The van der Waals surface area contributed by atoms with Gasteiger partial charge in [0.05, 0.1) is 11.6 Å². The minimum atomic E-state index is -0.776. The third kappa shape index (κ3) is 3.21. The Morgan fingerprint density at radius 1 is 0.969 bits per heavy atom. The van der Waals surface area contributed by atoms with Gasteiger partial charge in [0, 0.05) is 17.3 Å². The van der Waals surface area contributed by atoms with Crippen molar-refractivity contribution in [3.05, 3.63) is 95.1 Å². The molecule has 5 rings (SSSR count). The van der Waals surface area contributed by atoms with Crippen molar-refractivity contribution in [2.75, 3.05) is 11.7 Å². The van der Waals surface area contributed by atoms with Gasteiger partial charge in [-0.05, 0) is 29.7 Å². The first-order chi connectivity index (χ1) is 15.6. The fraction of sp³-hybridized carbons (Fsp3) is 0.154. The summed E-state index contributed by atoms with van der Waals surface area (Å²) in [7, 11) is 0. The monoisotopic (exact) mass is 427 g/mol. The second-order valence-corrected chi connectivity index (χ2v) is 7.67. The van der Waals surface area contributed by atoms with Crippen molar-refractivity contribution in [3.63, 3.8) is 0 Å². The fourth-order valence-corrected chi connectivity index (χ4v) is 4.14. The van der Waals surface area contributed by atoms with E-state index in [0.29, 0.717) is 22.7 Å². The van der Waals surface area contributed by atoms with Crippen LogP contribution in [0.15, 0.2) is 78.4 Å². The van der Waals surface area contributed by atoms with Gasteiger partial charge in [0.1, 0.15) is 5.76 Å². The van der Waals surface area contributed by atoms with Crippen LogP contribution < -0.4 is 14.4 Å². The van der Waals surface area contributed by atoms with Crippen molar-refractivity contribution < 1.29 is 24.2 Å². The third-order valence-corrected chi connectivity index (χ3v) is 5.83. The predicted molar refractivity (Wildman–Crippen MR) is 120 cm³/mol. The number of hydrogen-bond donors (Lipinski definition) is 1. The normalized spacial score (nSPS) is 18.9. The molecule has 3 aromatic carbocycles. The van der Waals surface area contributed by atoms with Gasteiger partial charge in [-0.25, -0.2) is 0 Å². The number of aliphatic hydroxyl groups is 1. The quantitative estimate of drug-likeness (QED) is 0.374. The van der Waals surface area contributed by atoms with Crippen molar-refractivity contribution in [2.24, 2.45) is 0 Å². The minimum Gasteiger partial charge on any atom is -0.507 e. The number of fused-ring (bicyclic) bond motifs is 1. The Morgan fingerprint density at radius 2 is 1.69 bits per heavy atom. The molecular formula is C26H21NO5. The van der Waals surface area contributed by atoms with E-state index >= 15 is 0 Å². The maximum atomic E-state index is 13.2. The maximum Gasteiger partial charge on any atom is 0.300 e. The van der Waals surface area contributed by atoms with Gasteiger partial charge in [0.25, 0.3) is 11.7 Å². The highest BCUT2D eigenvalue weighted by molar-refractivity contribution is 6.51. The molecule has 2 aliphatic rings. The number of ether oxygens (including phenoxy) is 2. The molecule has 1 unspecified atom stereocenters. The number of nitrogens with zero attached hydrogens (tertiary/aromatic N) is 1. The van der Waals surface area contributed by atoms with E-state index in [9.17, 15) is 14.7 Å². The largest absolute Gasteiger partial charge is 0.507 e. The van der Waals surface area contributed by atoms with Crippen LogP contribution in [0.2, 0.25) is 0 Å². The van der Waals surface area contributed by atoms with Crippen LogP contribution in [0.4, 0.5) is 5.69 Å². The molecule has 160 valence electrons. The fourth-order valence-electron chi connectivity index (χ4n) is 4.14. The Labute approximate surface area is 185 Å². The van der Waals surface area contributed by atoms with Crippen molar-refractivity contribution in [3.8, 4) is 11.5 Å². The summed E-state index contributed by atoms with van der Waals surface area (Å²) in [6, 6.07) is 20.9. The number of aliphatic hydroxyl groups excluding tert-OH is 1. The molecule has 1 fully saturated rings. The van der Waals surface area contributed by atoms with E-state index in [1.807, 2.05) is 49.4 Å². The van der Waals surface area contributed by atoms with Gasteiger partial charge in [-0.2, -0.15) is 0 Å². The van der Waals surface area contributed by atoms with Crippen LogP contribution in [-0.2, 0) is 16.0 Å². The first-order valence-corrected chi connectivity index (χ1v) is 10.4. The number of carbonyl (C=O) groups is 2.